The molecule has 0 bridgehead atoms. The second-order valence-electron chi connectivity index (χ2n) is 7.51. The molecule has 0 aromatic heterocycles. The molecule has 2 aliphatic heterocycles. The predicted octanol–water partition coefficient (Wildman–Crippen LogP) is 2.95. The van der Waals surface area contributed by atoms with Gasteiger partial charge in [-0.05, 0) is 49.9 Å². The van der Waals surface area contributed by atoms with Crippen molar-refractivity contribution in [2.24, 2.45) is 0 Å². The Bertz CT molecular complexity index is 569. The van der Waals surface area contributed by atoms with E-state index in [1.165, 1.54) is 12.0 Å². The van der Waals surface area contributed by atoms with E-state index in [4.69, 9.17) is 9.47 Å². The average Bonchev–Trinajstić information content (AvgIpc) is 3.05. The summed E-state index contributed by atoms with van der Waals surface area (Å²) in [5.74, 6) is 1.31. The Hall–Kier alpha value is -1.59. The van der Waals surface area contributed by atoms with Crippen LogP contribution in [0.4, 0.5) is 0 Å². The van der Waals surface area contributed by atoms with E-state index < -0.39 is 0 Å². The van der Waals surface area contributed by atoms with Gasteiger partial charge in [-0.1, -0.05) is 19.1 Å². The van der Waals surface area contributed by atoms with Crippen LogP contribution in [-0.4, -0.2) is 56.3 Å². The minimum atomic E-state index is 0.0938. The van der Waals surface area contributed by atoms with Crippen molar-refractivity contribution >= 4 is 5.91 Å². The molecule has 0 spiro atoms. The highest BCUT2D eigenvalue weighted by atomic mass is 16.5. The Kier molecular flexibility index (Phi) is 6.92. The Morgan fingerprint density at radius 1 is 1.27 bits per heavy atom. The molecule has 144 valence electrons. The van der Waals surface area contributed by atoms with Crippen molar-refractivity contribution in [2.75, 3.05) is 33.4 Å². The normalized spacial score (nSPS) is 26.6. The van der Waals surface area contributed by atoms with Gasteiger partial charge in [-0.15, -0.1) is 0 Å². The largest absolute Gasteiger partial charge is 0.497 e. The highest BCUT2D eigenvalue weighted by Crippen LogP contribution is 2.29. The van der Waals surface area contributed by atoms with Crippen molar-refractivity contribution in [1.82, 2.24) is 10.2 Å². The van der Waals surface area contributed by atoms with Crippen molar-refractivity contribution in [3.05, 3.63) is 29.8 Å². The fraction of sp³-hybridized carbons (Fsp3) is 0.667. The summed E-state index contributed by atoms with van der Waals surface area (Å²) >= 11 is 0. The molecule has 1 aromatic carbocycles. The smallest absolute Gasteiger partial charge is 0.222 e. The van der Waals surface area contributed by atoms with Gasteiger partial charge in [-0.3, -0.25) is 4.79 Å². The molecule has 2 heterocycles. The summed E-state index contributed by atoms with van der Waals surface area (Å²) in [6.07, 6.45) is 5.00. The summed E-state index contributed by atoms with van der Waals surface area (Å²) in [6, 6.07) is 8.43. The van der Waals surface area contributed by atoms with Gasteiger partial charge in [-0.2, -0.15) is 0 Å². The quantitative estimate of drug-likeness (QED) is 0.812. The van der Waals surface area contributed by atoms with Crippen LogP contribution < -0.4 is 10.1 Å². The fourth-order valence-electron chi connectivity index (χ4n) is 4.16. The first-order valence-electron chi connectivity index (χ1n) is 9.97. The molecule has 3 atom stereocenters. The Morgan fingerprint density at radius 3 is 2.73 bits per heavy atom. The van der Waals surface area contributed by atoms with Crippen LogP contribution in [0.25, 0.3) is 0 Å². The number of hydrogen-bond acceptors (Lipinski definition) is 4. The molecule has 1 aromatic rings. The van der Waals surface area contributed by atoms with E-state index in [0.717, 1.165) is 51.3 Å². The van der Waals surface area contributed by atoms with Gasteiger partial charge in [0.15, 0.2) is 0 Å². The average molecular weight is 360 g/mol. The van der Waals surface area contributed by atoms with Crippen LogP contribution in [0.2, 0.25) is 0 Å². The van der Waals surface area contributed by atoms with E-state index in [1.54, 1.807) is 7.11 Å². The minimum absolute atomic E-state index is 0.0938. The van der Waals surface area contributed by atoms with Crippen LogP contribution in [0.1, 0.15) is 50.5 Å². The summed E-state index contributed by atoms with van der Waals surface area (Å²) in [5, 5.41) is 3.30. The van der Waals surface area contributed by atoms with Gasteiger partial charge in [0.2, 0.25) is 5.91 Å². The summed E-state index contributed by atoms with van der Waals surface area (Å²) in [5.41, 5.74) is 1.27. The molecular weight excluding hydrogens is 328 g/mol. The SMILES string of the molecule is CCCN1C[C@H](NC(=O)C[C@H]2CCCCO2)[C@@H](c2ccc(OC)cc2)C1. The monoisotopic (exact) mass is 360 g/mol. The molecule has 0 saturated carbocycles. The maximum absolute atomic E-state index is 12.6. The van der Waals surface area contributed by atoms with E-state index in [0.29, 0.717) is 12.3 Å². The number of hydrogen-bond donors (Lipinski definition) is 1. The number of ether oxygens (including phenoxy) is 2. The lowest BCUT2D eigenvalue weighted by atomic mass is 9.94. The van der Waals surface area contributed by atoms with Gasteiger partial charge in [0.1, 0.15) is 5.75 Å². The number of methoxy groups -OCH3 is 1. The summed E-state index contributed by atoms with van der Waals surface area (Å²) in [6.45, 7) is 5.98. The van der Waals surface area contributed by atoms with Gasteiger partial charge in [0, 0.05) is 31.7 Å². The second-order valence-corrected chi connectivity index (χ2v) is 7.51. The first-order valence-corrected chi connectivity index (χ1v) is 9.97. The molecule has 1 N–H and O–H groups in total. The lowest BCUT2D eigenvalue weighted by Crippen LogP contribution is -2.41. The van der Waals surface area contributed by atoms with Crippen LogP contribution in [0.5, 0.6) is 5.75 Å². The highest BCUT2D eigenvalue weighted by Gasteiger charge is 2.34. The van der Waals surface area contributed by atoms with Gasteiger partial charge in [-0.25, -0.2) is 0 Å². The zero-order valence-corrected chi connectivity index (χ0v) is 16.1. The third kappa shape index (κ3) is 4.98. The lowest BCUT2D eigenvalue weighted by Gasteiger charge is -2.24. The van der Waals surface area contributed by atoms with Gasteiger partial charge < -0.3 is 19.7 Å². The van der Waals surface area contributed by atoms with Crippen LogP contribution in [-0.2, 0) is 9.53 Å². The number of amides is 1. The number of carbonyl (C=O) groups is 1. The molecule has 0 radical (unpaired) electrons. The van der Waals surface area contributed by atoms with Crippen molar-refractivity contribution in [3.63, 3.8) is 0 Å². The van der Waals surface area contributed by atoms with Crippen LogP contribution in [0, 0.1) is 0 Å². The lowest BCUT2D eigenvalue weighted by molar-refractivity contribution is -0.125. The molecule has 5 nitrogen and oxygen atoms in total. The van der Waals surface area contributed by atoms with Gasteiger partial charge >= 0.3 is 0 Å². The van der Waals surface area contributed by atoms with Crippen LogP contribution >= 0.6 is 0 Å². The van der Waals surface area contributed by atoms with Crippen molar-refractivity contribution in [3.8, 4) is 5.75 Å². The molecule has 2 aliphatic rings. The van der Waals surface area contributed by atoms with E-state index >= 15 is 0 Å². The number of rotatable bonds is 7. The predicted molar refractivity (Wildman–Crippen MR) is 103 cm³/mol. The third-order valence-electron chi connectivity index (χ3n) is 5.51. The van der Waals surface area contributed by atoms with E-state index in [9.17, 15) is 4.79 Å². The molecule has 5 heteroatoms. The number of carbonyl (C=O) groups excluding carboxylic acids is 1. The van der Waals surface area contributed by atoms with Crippen molar-refractivity contribution < 1.29 is 14.3 Å². The Morgan fingerprint density at radius 2 is 2.08 bits per heavy atom. The van der Waals surface area contributed by atoms with Gasteiger partial charge in [0.25, 0.3) is 0 Å². The molecule has 3 rings (SSSR count). The zero-order valence-electron chi connectivity index (χ0n) is 16.1. The molecule has 2 saturated heterocycles. The Balaban J connectivity index is 1.63. The van der Waals surface area contributed by atoms with Crippen molar-refractivity contribution in [1.29, 1.82) is 0 Å². The number of benzene rings is 1. The molecular formula is C21H32N2O3. The fourth-order valence-corrected chi connectivity index (χ4v) is 4.16. The first kappa shape index (κ1) is 19.2. The molecule has 0 unspecified atom stereocenters. The van der Waals surface area contributed by atoms with E-state index in [-0.39, 0.29) is 18.1 Å². The second kappa shape index (κ2) is 9.38. The third-order valence-corrected chi connectivity index (χ3v) is 5.51. The Labute approximate surface area is 157 Å². The van der Waals surface area contributed by atoms with Crippen LogP contribution in [0.3, 0.4) is 0 Å². The molecule has 2 fully saturated rings. The van der Waals surface area contributed by atoms with Gasteiger partial charge in [0.05, 0.1) is 19.6 Å². The summed E-state index contributed by atoms with van der Waals surface area (Å²) in [7, 11) is 1.68. The first-order chi connectivity index (χ1) is 12.7. The van der Waals surface area contributed by atoms with E-state index in [1.807, 2.05) is 12.1 Å². The molecule has 26 heavy (non-hydrogen) atoms. The summed E-state index contributed by atoms with van der Waals surface area (Å²) < 4.78 is 11.0. The number of nitrogens with one attached hydrogen (secondary N) is 1. The van der Waals surface area contributed by atoms with E-state index in [2.05, 4.69) is 29.3 Å². The minimum Gasteiger partial charge on any atom is -0.497 e. The van der Waals surface area contributed by atoms with Crippen LogP contribution in [0.15, 0.2) is 24.3 Å². The molecule has 1 amide bonds. The number of likely N-dealkylation sites (tertiary alicyclic amines) is 1. The standard InChI is InChI=1S/C21H32N2O3/c1-3-11-23-14-19(16-7-9-17(25-2)10-8-16)20(15-23)22-21(24)13-18-6-4-5-12-26-18/h7-10,18-20H,3-6,11-15H2,1-2H3,(H,22,24)/t18-,19-,20+/m1/s1. The molecule has 0 aliphatic carbocycles. The maximum atomic E-state index is 12.6. The highest BCUT2D eigenvalue weighted by molar-refractivity contribution is 5.77. The van der Waals surface area contributed by atoms with Crippen molar-refractivity contribution in [2.45, 2.75) is 57.1 Å². The maximum Gasteiger partial charge on any atom is 0.222 e. The zero-order chi connectivity index (χ0) is 18.4. The summed E-state index contributed by atoms with van der Waals surface area (Å²) in [4.78, 5) is 15.0. The topological polar surface area (TPSA) is 50.8 Å². The number of nitrogens with zero attached hydrogens (tertiary/aromatic N) is 1.